The van der Waals surface area contributed by atoms with Crippen LogP contribution < -0.4 is 0 Å². The van der Waals surface area contributed by atoms with Crippen molar-refractivity contribution in [1.29, 1.82) is 0 Å². The summed E-state index contributed by atoms with van der Waals surface area (Å²) in [4.78, 5) is 0. The van der Waals surface area contributed by atoms with Gasteiger partial charge in [0, 0.05) is 21.5 Å². The molecule has 0 saturated heterocycles. The van der Waals surface area contributed by atoms with E-state index in [0.717, 1.165) is 43.9 Å². The second kappa shape index (κ2) is 12.5. The van der Waals surface area contributed by atoms with Gasteiger partial charge in [-0.2, -0.15) is 0 Å². The number of furan rings is 2. The summed E-state index contributed by atoms with van der Waals surface area (Å²) in [6.07, 6.45) is 0. The monoisotopic (exact) mass is 858 g/mol. The third-order valence-electron chi connectivity index (χ3n) is 15.7. The summed E-state index contributed by atoms with van der Waals surface area (Å²) in [6.45, 7) is 0. The predicted molar refractivity (Wildman–Crippen MR) is 286 cm³/mol. The highest BCUT2D eigenvalue weighted by atomic mass is 16.3. The summed E-state index contributed by atoms with van der Waals surface area (Å²) in [6, 6.07) is 76.9. The summed E-state index contributed by atoms with van der Waals surface area (Å²) >= 11 is 0. The van der Waals surface area contributed by atoms with Crippen LogP contribution in [0.25, 0.3) is 175 Å². The molecule has 0 fully saturated rings. The second-order valence-corrected chi connectivity index (χ2v) is 19.0. The molecular weight excluding hydrogens is 825 g/mol. The van der Waals surface area contributed by atoms with Crippen LogP contribution in [0.1, 0.15) is 0 Å². The van der Waals surface area contributed by atoms with E-state index in [1.165, 1.54) is 131 Å². The molecule has 0 bridgehead atoms. The van der Waals surface area contributed by atoms with Gasteiger partial charge in [0.1, 0.15) is 22.3 Å². The first-order valence-corrected chi connectivity index (χ1v) is 23.6. The molecule has 310 valence electrons. The van der Waals surface area contributed by atoms with Gasteiger partial charge in [0.05, 0.1) is 0 Å². The highest BCUT2D eigenvalue weighted by Crippen LogP contribution is 2.60. The van der Waals surface area contributed by atoms with Gasteiger partial charge >= 0.3 is 0 Å². The van der Waals surface area contributed by atoms with Gasteiger partial charge < -0.3 is 8.83 Å². The van der Waals surface area contributed by atoms with Crippen LogP contribution in [-0.2, 0) is 0 Å². The molecule has 0 unspecified atom stereocenters. The molecule has 0 aliphatic heterocycles. The number of fused-ring (bicyclic) bond motifs is 19. The number of hydrogen-bond acceptors (Lipinski definition) is 2. The molecule has 0 atom stereocenters. The molecule has 0 spiro atoms. The van der Waals surface area contributed by atoms with Gasteiger partial charge in [-0.05, 0) is 186 Å². The zero-order valence-electron chi connectivity index (χ0n) is 36.4. The Morgan fingerprint density at radius 3 is 1.47 bits per heavy atom. The largest absolute Gasteiger partial charge is 0.456 e. The molecule has 17 rings (SSSR count). The predicted octanol–water partition coefficient (Wildman–Crippen LogP) is 19.0. The summed E-state index contributed by atoms with van der Waals surface area (Å²) in [5.41, 5.74) is 18.8. The van der Waals surface area contributed by atoms with E-state index in [1.54, 1.807) is 0 Å². The Morgan fingerprint density at radius 1 is 0.206 bits per heavy atom. The lowest BCUT2D eigenvalue weighted by Gasteiger charge is -2.22. The van der Waals surface area contributed by atoms with E-state index >= 15 is 0 Å². The Labute approximate surface area is 388 Å². The minimum Gasteiger partial charge on any atom is -0.456 e. The molecule has 0 radical (unpaired) electrons. The Morgan fingerprint density at radius 2 is 0.721 bits per heavy atom. The van der Waals surface area contributed by atoms with Crippen LogP contribution in [0.2, 0.25) is 0 Å². The van der Waals surface area contributed by atoms with Crippen LogP contribution in [0.5, 0.6) is 0 Å². The zero-order chi connectivity index (χ0) is 43.9. The summed E-state index contributed by atoms with van der Waals surface area (Å²) in [5.74, 6) is 0. The minimum atomic E-state index is 0.894. The first kappa shape index (κ1) is 35.3. The van der Waals surface area contributed by atoms with E-state index < -0.39 is 0 Å². The van der Waals surface area contributed by atoms with Crippen molar-refractivity contribution in [3.05, 3.63) is 206 Å². The molecule has 2 nitrogen and oxygen atoms in total. The smallest absolute Gasteiger partial charge is 0.135 e. The van der Waals surface area contributed by atoms with Gasteiger partial charge in [-0.3, -0.25) is 0 Å². The van der Waals surface area contributed by atoms with E-state index in [1.807, 2.05) is 0 Å². The Kier molecular flexibility index (Phi) is 6.47. The van der Waals surface area contributed by atoms with E-state index in [-0.39, 0.29) is 0 Å². The minimum absolute atomic E-state index is 0.894. The second-order valence-electron chi connectivity index (χ2n) is 19.0. The van der Waals surface area contributed by atoms with Crippen LogP contribution in [-0.4, -0.2) is 0 Å². The van der Waals surface area contributed by atoms with Crippen LogP contribution >= 0.6 is 0 Å². The molecule has 0 saturated carbocycles. The molecule has 2 heteroatoms. The van der Waals surface area contributed by atoms with Crippen LogP contribution in [0.4, 0.5) is 0 Å². The number of hydrogen-bond donors (Lipinski definition) is 0. The average Bonchev–Trinajstić information content (AvgIpc) is 4.14. The maximum Gasteiger partial charge on any atom is 0.135 e. The van der Waals surface area contributed by atoms with Crippen molar-refractivity contribution in [3.8, 4) is 66.8 Å². The van der Waals surface area contributed by atoms with Crippen LogP contribution in [0, 0.1) is 0 Å². The first-order valence-electron chi connectivity index (χ1n) is 23.6. The Balaban J connectivity index is 1.08. The molecular formula is C66H34O2. The van der Waals surface area contributed by atoms with Gasteiger partial charge in [-0.25, -0.2) is 0 Å². The molecule has 68 heavy (non-hydrogen) atoms. The lowest BCUT2D eigenvalue weighted by molar-refractivity contribution is 0.668. The molecule has 0 amide bonds. The molecule has 2 heterocycles. The third-order valence-corrected chi connectivity index (χ3v) is 15.7. The van der Waals surface area contributed by atoms with Crippen molar-refractivity contribution < 1.29 is 8.83 Å². The first-order chi connectivity index (χ1) is 33.7. The summed E-state index contributed by atoms with van der Waals surface area (Å²) in [5, 5.41) is 19.7. The molecule has 15 aromatic rings. The van der Waals surface area contributed by atoms with Gasteiger partial charge in [-0.15, -0.1) is 0 Å². The zero-order valence-corrected chi connectivity index (χ0v) is 36.4. The fraction of sp³-hybridized carbons (Fsp3) is 0. The van der Waals surface area contributed by atoms with Crippen molar-refractivity contribution in [1.82, 2.24) is 0 Å². The highest BCUT2D eigenvalue weighted by molar-refractivity contribution is 6.35. The van der Waals surface area contributed by atoms with Crippen molar-refractivity contribution in [2.45, 2.75) is 0 Å². The van der Waals surface area contributed by atoms with E-state index in [0.29, 0.717) is 0 Å². The number of benzene rings is 13. The fourth-order valence-electron chi connectivity index (χ4n) is 12.9. The molecule has 13 aromatic carbocycles. The van der Waals surface area contributed by atoms with E-state index in [9.17, 15) is 0 Å². The topological polar surface area (TPSA) is 26.3 Å². The SMILES string of the molecule is c1cc2c3c(cccc3c1)-c1cc3c(ccc4c3ccc3c(-c5ccc6oc7ccccc7c6c5)c5c(c(-c6ccc7oc8ccccc8c7c6)c34)-c3cccc4c3c-5cc3ccccc34)cc1-2. The lowest BCUT2D eigenvalue weighted by atomic mass is 9.80. The fourth-order valence-corrected chi connectivity index (χ4v) is 12.9. The van der Waals surface area contributed by atoms with Gasteiger partial charge in [0.2, 0.25) is 0 Å². The lowest BCUT2D eigenvalue weighted by Crippen LogP contribution is -1.95. The van der Waals surface area contributed by atoms with E-state index in [2.05, 4.69) is 206 Å². The normalized spacial score (nSPS) is 12.7. The molecule has 2 aliphatic carbocycles. The quantitative estimate of drug-likeness (QED) is 0.162. The van der Waals surface area contributed by atoms with Crippen molar-refractivity contribution in [3.63, 3.8) is 0 Å². The van der Waals surface area contributed by atoms with Gasteiger partial charge in [0.15, 0.2) is 0 Å². The number of rotatable bonds is 2. The van der Waals surface area contributed by atoms with Gasteiger partial charge in [0.25, 0.3) is 0 Å². The standard InChI is InChI=1S/C66H34O2/c1-2-13-40-36(10-1)31-55-63-44(40)18-9-19-48(63)65-62(39-24-29-59-54(33-39)43-15-4-6-21-57(43)68-59)64-47-25-22-37-30-51-45-16-7-11-35-12-8-17-46(60(35)45)52(51)34-50(37)41(47)26-27-49(64)61(66(55)65)38-23-28-58-53(32-38)42-14-3-5-20-56(42)67-58/h1-34H. The Hall–Kier alpha value is -8.98. The molecule has 2 aromatic heterocycles. The van der Waals surface area contributed by atoms with Crippen molar-refractivity contribution in [2.24, 2.45) is 0 Å². The highest BCUT2D eigenvalue weighted by Gasteiger charge is 2.33. The van der Waals surface area contributed by atoms with Crippen molar-refractivity contribution >= 4 is 109 Å². The summed E-state index contributed by atoms with van der Waals surface area (Å²) in [7, 11) is 0. The van der Waals surface area contributed by atoms with Gasteiger partial charge in [-0.1, -0.05) is 152 Å². The Bertz CT molecular complexity index is 4840. The molecule has 2 aliphatic rings. The maximum absolute atomic E-state index is 6.49. The van der Waals surface area contributed by atoms with Crippen LogP contribution in [0.3, 0.4) is 0 Å². The third kappa shape index (κ3) is 4.38. The van der Waals surface area contributed by atoms with Crippen LogP contribution in [0.15, 0.2) is 215 Å². The van der Waals surface area contributed by atoms with E-state index in [4.69, 9.17) is 8.83 Å². The van der Waals surface area contributed by atoms with Crippen molar-refractivity contribution in [2.75, 3.05) is 0 Å². The maximum atomic E-state index is 6.49. The summed E-state index contributed by atoms with van der Waals surface area (Å²) < 4.78 is 13.0. The molecule has 0 N–H and O–H groups in total. The number of para-hydroxylation sites is 2. The average molecular weight is 859 g/mol.